The maximum atomic E-state index is 13.6. The average Bonchev–Trinajstić information content (AvgIpc) is 2.44. The van der Waals surface area contributed by atoms with Crippen molar-refractivity contribution in [2.24, 2.45) is 5.92 Å². The molecule has 0 fully saturated rings. The largest absolute Gasteiger partial charge is 0.484 e. The maximum absolute atomic E-state index is 13.6. The van der Waals surface area contributed by atoms with Gasteiger partial charge in [-0.1, -0.05) is 13.8 Å². The fourth-order valence-corrected chi connectivity index (χ4v) is 1.65. The number of benzene rings is 1. The highest BCUT2D eigenvalue weighted by Crippen LogP contribution is 2.18. The lowest BCUT2D eigenvalue weighted by atomic mass is 9.90. The average molecular weight is 306 g/mol. The van der Waals surface area contributed by atoms with Gasteiger partial charge in [-0.05, 0) is 31.9 Å². The van der Waals surface area contributed by atoms with Crippen molar-refractivity contribution in [2.75, 3.05) is 6.61 Å². The van der Waals surface area contributed by atoms with E-state index in [1.807, 2.05) is 13.8 Å². The van der Waals surface area contributed by atoms with Gasteiger partial charge in [-0.3, -0.25) is 9.59 Å². The highest BCUT2D eigenvalue weighted by atomic mass is 19.1. The van der Waals surface area contributed by atoms with E-state index in [0.717, 1.165) is 6.07 Å². The molecule has 1 N–H and O–H groups in total. The van der Waals surface area contributed by atoms with Crippen LogP contribution in [0.1, 0.15) is 38.1 Å². The molecule has 1 atom stereocenters. The minimum absolute atomic E-state index is 0.0336. The van der Waals surface area contributed by atoms with E-state index in [9.17, 15) is 14.0 Å². The zero-order valence-corrected chi connectivity index (χ0v) is 13.1. The number of nitrogens with zero attached hydrogens (tertiary/aromatic N) is 1. The zero-order chi connectivity index (χ0) is 16.9. The Morgan fingerprint density at radius 1 is 1.45 bits per heavy atom. The molecular weight excluding hydrogens is 287 g/mol. The van der Waals surface area contributed by atoms with Crippen LogP contribution in [0.15, 0.2) is 18.2 Å². The van der Waals surface area contributed by atoms with Crippen molar-refractivity contribution in [1.82, 2.24) is 5.32 Å². The van der Waals surface area contributed by atoms with Gasteiger partial charge < -0.3 is 10.1 Å². The van der Waals surface area contributed by atoms with E-state index in [1.165, 1.54) is 19.1 Å². The number of rotatable bonds is 6. The quantitative estimate of drug-likeness (QED) is 0.819. The molecule has 0 unspecified atom stereocenters. The molecule has 118 valence electrons. The van der Waals surface area contributed by atoms with Gasteiger partial charge in [0.25, 0.3) is 5.91 Å². The van der Waals surface area contributed by atoms with Gasteiger partial charge in [-0.15, -0.1) is 0 Å². The molecule has 6 heteroatoms. The third kappa shape index (κ3) is 4.29. The van der Waals surface area contributed by atoms with E-state index in [1.54, 1.807) is 6.92 Å². The van der Waals surface area contributed by atoms with Crippen molar-refractivity contribution in [3.8, 4) is 11.8 Å². The summed E-state index contributed by atoms with van der Waals surface area (Å²) in [6.07, 6.45) is 0. The van der Waals surface area contributed by atoms with Crippen molar-refractivity contribution in [3.63, 3.8) is 0 Å². The number of nitriles is 1. The van der Waals surface area contributed by atoms with Crippen molar-refractivity contribution in [1.29, 1.82) is 5.26 Å². The van der Waals surface area contributed by atoms with Crippen LogP contribution < -0.4 is 10.1 Å². The zero-order valence-electron chi connectivity index (χ0n) is 13.1. The van der Waals surface area contributed by atoms with Gasteiger partial charge in [-0.2, -0.15) is 5.26 Å². The van der Waals surface area contributed by atoms with Gasteiger partial charge in [0.2, 0.25) is 0 Å². The summed E-state index contributed by atoms with van der Waals surface area (Å²) in [4.78, 5) is 22.9. The fourth-order valence-electron chi connectivity index (χ4n) is 1.65. The first-order valence-electron chi connectivity index (χ1n) is 6.85. The predicted octanol–water partition coefficient (Wildman–Crippen LogP) is 2.46. The lowest BCUT2D eigenvalue weighted by Crippen LogP contribution is -2.50. The number of nitrogens with one attached hydrogen (secondary N) is 1. The molecule has 0 aliphatic carbocycles. The normalized spacial score (nSPS) is 13.1. The second-order valence-corrected chi connectivity index (χ2v) is 5.50. The molecule has 0 aliphatic rings. The second-order valence-electron chi connectivity index (χ2n) is 5.50. The topological polar surface area (TPSA) is 79.2 Å². The highest BCUT2D eigenvalue weighted by molar-refractivity contribution is 5.94. The summed E-state index contributed by atoms with van der Waals surface area (Å²) in [5, 5.41) is 11.7. The number of halogens is 1. The molecule has 0 aromatic heterocycles. The standard InChI is InChI=1S/C16H19FN2O3/c1-10(2)16(4,9-18)19-15(21)8-22-12-5-6-13(11(3)20)14(17)7-12/h5-7,10H,8H2,1-4H3,(H,19,21)/t16-/m1/s1. The molecule has 5 nitrogen and oxygen atoms in total. The first-order chi connectivity index (χ1) is 10.2. The van der Waals surface area contributed by atoms with E-state index >= 15 is 0 Å². The van der Waals surface area contributed by atoms with E-state index in [-0.39, 0.29) is 29.6 Å². The van der Waals surface area contributed by atoms with Crippen LogP contribution in [0.3, 0.4) is 0 Å². The maximum Gasteiger partial charge on any atom is 0.259 e. The summed E-state index contributed by atoms with van der Waals surface area (Å²) < 4.78 is 18.8. The van der Waals surface area contributed by atoms with Gasteiger partial charge in [-0.25, -0.2) is 4.39 Å². The van der Waals surface area contributed by atoms with E-state index < -0.39 is 17.3 Å². The summed E-state index contributed by atoms with van der Waals surface area (Å²) in [6.45, 7) is 6.18. The van der Waals surface area contributed by atoms with Crippen LogP contribution in [-0.2, 0) is 4.79 Å². The van der Waals surface area contributed by atoms with Crippen molar-refractivity contribution in [2.45, 2.75) is 33.2 Å². The Morgan fingerprint density at radius 2 is 2.09 bits per heavy atom. The molecule has 0 heterocycles. The smallest absolute Gasteiger partial charge is 0.259 e. The molecule has 0 saturated heterocycles. The second kappa shape index (κ2) is 7.03. The molecule has 1 aromatic carbocycles. The van der Waals surface area contributed by atoms with E-state index in [4.69, 9.17) is 10.00 Å². The fraction of sp³-hybridized carbons (Fsp3) is 0.438. The predicted molar refractivity (Wildman–Crippen MR) is 78.9 cm³/mol. The van der Waals surface area contributed by atoms with Crippen LogP contribution in [0.4, 0.5) is 4.39 Å². The summed E-state index contributed by atoms with van der Waals surface area (Å²) >= 11 is 0. The molecule has 0 bridgehead atoms. The van der Waals surface area contributed by atoms with Crippen LogP contribution in [0.2, 0.25) is 0 Å². The summed E-state index contributed by atoms with van der Waals surface area (Å²) in [5.74, 6) is -1.50. The van der Waals surface area contributed by atoms with Crippen molar-refractivity contribution < 1.29 is 18.7 Å². The van der Waals surface area contributed by atoms with Gasteiger partial charge in [0, 0.05) is 6.07 Å². The van der Waals surface area contributed by atoms with Gasteiger partial charge in [0.1, 0.15) is 17.1 Å². The van der Waals surface area contributed by atoms with Crippen molar-refractivity contribution in [3.05, 3.63) is 29.6 Å². The van der Waals surface area contributed by atoms with Crippen LogP contribution in [0.5, 0.6) is 5.75 Å². The first kappa shape index (κ1) is 17.6. The van der Waals surface area contributed by atoms with Gasteiger partial charge >= 0.3 is 0 Å². The minimum Gasteiger partial charge on any atom is -0.484 e. The number of Topliss-reactive ketones (excluding diaryl/α,β-unsaturated/α-hetero) is 1. The molecule has 1 aromatic rings. The molecule has 1 amide bonds. The van der Waals surface area contributed by atoms with Crippen LogP contribution in [0.25, 0.3) is 0 Å². The summed E-state index contributed by atoms with van der Waals surface area (Å²) in [6, 6.07) is 5.82. The van der Waals surface area contributed by atoms with Gasteiger partial charge in [0.05, 0.1) is 11.6 Å². The molecule has 0 aliphatic heterocycles. The van der Waals surface area contributed by atoms with Crippen LogP contribution in [0, 0.1) is 23.1 Å². The number of hydrogen-bond donors (Lipinski definition) is 1. The number of amides is 1. The van der Waals surface area contributed by atoms with Crippen LogP contribution in [-0.4, -0.2) is 23.8 Å². The number of carbonyl (C=O) groups is 2. The highest BCUT2D eigenvalue weighted by Gasteiger charge is 2.30. The van der Waals surface area contributed by atoms with Crippen LogP contribution >= 0.6 is 0 Å². The van der Waals surface area contributed by atoms with E-state index in [2.05, 4.69) is 11.4 Å². The Hall–Kier alpha value is -2.42. The molecule has 1 rings (SSSR count). The molecule has 22 heavy (non-hydrogen) atoms. The number of hydrogen-bond acceptors (Lipinski definition) is 4. The Bertz CT molecular complexity index is 622. The Balaban J connectivity index is 2.67. The Kier molecular flexibility index (Phi) is 5.63. The SMILES string of the molecule is CC(=O)c1ccc(OCC(=O)N[C@](C)(C#N)C(C)C)cc1F. The minimum atomic E-state index is -0.996. The summed E-state index contributed by atoms with van der Waals surface area (Å²) in [7, 11) is 0. The molecule has 0 radical (unpaired) electrons. The molecule has 0 saturated carbocycles. The lowest BCUT2D eigenvalue weighted by molar-refractivity contribution is -0.124. The number of ketones is 1. The lowest BCUT2D eigenvalue weighted by Gasteiger charge is -2.27. The third-order valence-electron chi connectivity index (χ3n) is 3.48. The molecular formula is C16H19FN2O3. The summed E-state index contributed by atoms with van der Waals surface area (Å²) in [5.41, 5.74) is -1.03. The van der Waals surface area contributed by atoms with Gasteiger partial charge in [0.15, 0.2) is 12.4 Å². The first-order valence-corrected chi connectivity index (χ1v) is 6.85. The number of ether oxygens (including phenoxy) is 1. The Labute approximate surface area is 129 Å². The molecule has 0 spiro atoms. The monoisotopic (exact) mass is 306 g/mol. The third-order valence-corrected chi connectivity index (χ3v) is 3.48. The Morgan fingerprint density at radius 3 is 2.55 bits per heavy atom. The van der Waals surface area contributed by atoms with E-state index in [0.29, 0.717) is 0 Å². The number of carbonyl (C=O) groups excluding carboxylic acids is 2. The van der Waals surface area contributed by atoms with Crippen molar-refractivity contribution >= 4 is 11.7 Å².